The predicted molar refractivity (Wildman–Crippen MR) is 115 cm³/mol. The van der Waals surface area contributed by atoms with Crippen molar-refractivity contribution in [2.75, 3.05) is 0 Å². The molecule has 0 aliphatic carbocycles. The van der Waals surface area contributed by atoms with E-state index in [1.54, 1.807) is 0 Å². The van der Waals surface area contributed by atoms with E-state index in [4.69, 9.17) is 37.6 Å². The monoisotopic (exact) mass is 453 g/mol. The molecule has 5 nitrogen and oxygen atoms in total. The average Bonchev–Trinajstić information content (AvgIpc) is 3.21. The van der Waals surface area contributed by atoms with Crippen molar-refractivity contribution in [1.29, 1.82) is 5.26 Å². The van der Waals surface area contributed by atoms with E-state index >= 15 is 4.39 Å². The van der Waals surface area contributed by atoms with Crippen molar-refractivity contribution in [2.24, 2.45) is 0 Å². The summed E-state index contributed by atoms with van der Waals surface area (Å²) in [5.41, 5.74) is 2.35. The Bertz CT molecular complexity index is 1310. The Labute approximate surface area is 187 Å². The Balaban J connectivity index is 1.62. The highest BCUT2D eigenvalue weighted by atomic mass is 35.5. The summed E-state index contributed by atoms with van der Waals surface area (Å²) in [6.45, 7) is 1.94. The van der Waals surface area contributed by atoms with Gasteiger partial charge >= 0.3 is 0 Å². The van der Waals surface area contributed by atoms with E-state index in [1.165, 1.54) is 30.3 Å². The third-order valence-electron chi connectivity index (χ3n) is 4.53. The van der Waals surface area contributed by atoms with Gasteiger partial charge in [0.15, 0.2) is 11.6 Å². The second-order valence-corrected chi connectivity index (χ2v) is 7.58. The molecule has 0 fully saturated rings. The molecule has 3 aromatic carbocycles. The van der Waals surface area contributed by atoms with Crippen molar-refractivity contribution in [1.82, 2.24) is 10.2 Å². The Morgan fingerprint density at radius 2 is 1.90 bits per heavy atom. The highest BCUT2D eigenvalue weighted by Crippen LogP contribution is 2.36. The molecule has 0 saturated carbocycles. The van der Waals surface area contributed by atoms with Crippen LogP contribution in [0, 0.1) is 24.1 Å². The lowest BCUT2D eigenvalue weighted by Crippen LogP contribution is -1.98. The molecular formula is C23H14Cl2FN3O2. The van der Waals surface area contributed by atoms with Crippen LogP contribution in [0.2, 0.25) is 10.0 Å². The smallest absolute Gasteiger partial charge is 0.248 e. The summed E-state index contributed by atoms with van der Waals surface area (Å²) < 4.78 is 26.5. The summed E-state index contributed by atoms with van der Waals surface area (Å²) in [4.78, 5) is 0. The molecule has 8 heteroatoms. The Morgan fingerprint density at radius 1 is 1.10 bits per heavy atom. The third kappa shape index (κ3) is 4.53. The van der Waals surface area contributed by atoms with E-state index in [0.717, 1.165) is 11.1 Å². The van der Waals surface area contributed by atoms with Crippen LogP contribution >= 0.6 is 23.2 Å². The largest absolute Gasteiger partial charge is 0.453 e. The maximum absolute atomic E-state index is 15.2. The van der Waals surface area contributed by atoms with Crippen LogP contribution in [0.25, 0.3) is 11.5 Å². The second-order valence-electron chi connectivity index (χ2n) is 6.73. The van der Waals surface area contributed by atoms with Crippen LogP contribution in [0.3, 0.4) is 0 Å². The minimum absolute atomic E-state index is 0.0528. The van der Waals surface area contributed by atoms with E-state index in [9.17, 15) is 0 Å². The van der Waals surface area contributed by atoms with Gasteiger partial charge < -0.3 is 9.15 Å². The van der Waals surface area contributed by atoms with Gasteiger partial charge in [0.2, 0.25) is 11.8 Å². The Hall–Kier alpha value is -3.40. The zero-order valence-electron chi connectivity index (χ0n) is 16.2. The first-order chi connectivity index (χ1) is 14.9. The molecule has 0 N–H and O–H groups in total. The zero-order valence-corrected chi connectivity index (χ0v) is 17.7. The van der Waals surface area contributed by atoms with Gasteiger partial charge in [0.1, 0.15) is 5.75 Å². The fourth-order valence-electron chi connectivity index (χ4n) is 3.02. The molecule has 0 saturated heterocycles. The molecule has 4 rings (SSSR count). The lowest BCUT2D eigenvalue weighted by atomic mass is 10.1. The van der Waals surface area contributed by atoms with Crippen molar-refractivity contribution >= 4 is 23.2 Å². The Kier molecular flexibility index (Phi) is 5.90. The fraction of sp³-hybridized carbons (Fsp3) is 0.0870. The fourth-order valence-corrected chi connectivity index (χ4v) is 3.43. The molecule has 0 bridgehead atoms. The van der Waals surface area contributed by atoms with E-state index in [1.807, 2.05) is 37.3 Å². The number of hydrogen-bond acceptors (Lipinski definition) is 5. The quantitative estimate of drug-likeness (QED) is 0.334. The summed E-state index contributed by atoms with van der Waals surface area (Å²) in [5.74, 6) is -0.0333. The van der Waals surface area contributed by atoms with Crippen LogP contribution in [-0.4, -0.2) is 10.2 Å². The topological polar surface area (TPSA) is 71.9 Å². The lowest BCUT2D eigenvalue weighted by molar-refractivity contribution is 0.437. The van der Waals surface area contributed by atoms with Gasteiger partial charge in [-0.05, 0) is 42.8 Å². The van der Waals surface area contributed by atoms with Crippen LogP contribution in [0.5, 0.6) is 11.5 Å². The standard InChI is InChI=1S/C23H14Cl2FN3O2/c1-13-4-2-3-5-18(13)23-29-28-20(31-23)10-15-6-7-19(25)22(21(15)26)30-17-9-14(12-27)8-16(24)11-17/h2-9,11H,10H2,1H3. The maximum atomic E-state index is 15.2. The van der Waals surface area contributed by atoms with Crippen LogP contribution in [0.15, 0.2) is 59.0 Å². The first kappa shape index (κ1) is 20.9. The van der Waals surface area contributed by atoms with Crippen molar-refractivity contribution in [3.63, 3.8) is 0 Å². The number of hydrogen-bond donors (Lipinski definition) is 0. The van der Waals surface area contributed by atoms with Gasteiger partial charge in [-0.15, -0.1) is 10.2 Å². The maximum Gasteiger partial charge on any atom is 0.248 e. The van der Waals surface area contributed by atoms with Crippen molar-refractivity contribution in [2.45, 2.75) is 13.3 Å². The number of ether oxygens (including phenoxy) is 1. The number of nitrogens with zero attached hydrogens (tertiary/aromatic N) is 3. The lowest BCUT2D eigenvalue weighted by Gasteiger charge is -2.11. The normalized spacial score (nSPS) is 10.7. The summed E-state index contributed by atoms with van der Waals surface area (Å²) in [7, 11) is 0. The summed E-state index contributed by atoms with van der Waals surface area (Å²) in [6.07, 6.45) is 0.0528. The van der Waals surface area contributed by atoms with Gasteiger partial charge in [0, 0.05) is 16.1 Å². The van der Waals surface area contributed by atoms with Crippen LogP contribution in [0.4, 0.5) is 4.39 Å². The molecule has 0 atom stereocenters. The summed E-state index contributed by atoms with van der Waals surface area (Å²) in [5, 5.41) is 17.5. The first-order valence-corrected chi connectivity index (χ1v) is 9.94. The molecule has 0 radical (unpaired) electrons. The highest BCUT2D eigenvalue weighted by molar-refractivity contribution is 6.32. The second kappa shape index (κ2) is 8.76. The zero-order chi connectivity index (χ0) is 22.0. The van der Waals surface area contributed by atoms with Gasteiger partial charge in [-0.2, -0.15) is 5.26 Å². The molecule has 1 aromatic heterocycles. The molecule has 1 heterocycles. The molecule has 4 aromatic rings. The van der Waals surface area contributed by atoms with Gasteiger partial charge in [-0.1, -0.05) is 47.5 Å². The highest BCUT2D eigenvalue weighted by Gasteiger charge is 2.18. The van der Waals surface area contributed by atoms with Gasteiger partial charge in [0.25, 0.3) is 0 Å². The molecule has 0 aliphatic rings. The molecule has 31 heavy (non-hydrogen) atoms. The third-order valence-corrected chi connectivity index (χ3v) is 5.05. The number of aromatic nitrogens is 2. The van der Waals surface area contributed by atoms with E-state index in [2.05, 4.69) is 10.2 Å². The molecule has 154 valence electrons. The van der Waals surface area contributed by atoms with E-state index in [-0.39, 0.29) is 45.0 Å². The number of benzene rings is 3. The minimum Gasteiger partial charge on any atom is -0.453 e. The van der Waals surface area contributed by atoms with Crippen LogP contribution in [0.1, 0.15) is 22.6 Å². The van der Waals surface area contributed by atoms with Gasteiger partial charge in [-0.3, -0.25) is 0 Å². The average molecular weight is 454 g/mol. The number of rotatable bonds is 5. The number of halogens is 3. The Morgan fingerprint density at radius 3 is 2.68 bits per heavy atom. The van der Waals surface area contributed by atoms with E-state index in [0.29, 0.717) is 5.89 Å². The molecule has 0 spiro atoms. The molecule has 0 unspecified atom stereocenters. The van der Waals surface area contributed by atoms with Crippen LogP contribution < -0.4 is 4.74 Å². The van der Waals surface area contributed by atoms with E-state index < -0.39 is 5.82 Å². The number of nitriles is 1. The number of aryl methyl sites for hydroxylation is 1. The van der Waals surface area contributed by atoms with Gasteiger partial charge in [0.05, 0.1) is 23.1 Å². The first-order valence-electron chi connectivity index (χ1n) is 9.18. The van der Waals surface area contributed by atoms with Gasteiger partial charge in [-0.25, -0.2) is 4.39 Å². The predicted octanol–water partition coefficient (Wildman–Crippen LogP) is 6.75. The van der Waals surface area contributed by atoms with Crippen molar-refractivity contribution in [3.05, 3.63) is 93.0 Å². The minimum atomic E-state index is -0.665. The molecule has 0 amide bonds. The van der Waals surface area contributed by atoms with Crippen molar-refractivity contribution < 1.29 is 13.5 Å². The molecule has 0 aliphatic heterocycles. The molecular weight excluding hydrogens is 440 g/mol. The summed E-state index contributed by atoms with van der Waals surface area (Å²) >= 11 is 12.1. The SMILES string of the molecule is Cc1ccccc1-c1nnc(Cc2ccc(Cl)c(Oc3cc(Cl)cc(C#N)c3)c2F)o1. The van der Waals surface area contributed by atoms with Crippen LogP contribution in [-0.2, 0) is 6.42 Å². The summed E-state index contributed by atoms with van der Waals surface area (Å²) in [6, 6.07) is 17.0. The van der Waals surface area contributed by atoms with Crippen molar-refractivity contribution in [3.8, 4) is 29.0 Å².